The summed E-state index contributed by atoms with van der Waals surface area (Å²) >= 11 is 0. The van der Waals surface area contributed by atoms with E-state index < -0.39 is 66.8 Å². The number of imide groups is 1. The van der Waals surface area contributed by atoms with Gasteiger partial charge in [0.25, 0.3) is 34.8 Å². The molecule has 1 aliphatic rings. The van der Waals surface area contributed by atoms with Gasteiger partial charge in [0.2, 0.25) is 5.78 Å². The first kappa shape index (κ1) is 26.9. The first-order chi connectivity index (χ1) is 19.0. The van der Waals surface area contributed by atoms with Gasteiger partial charge in [-0.1, -0.05) is 42.5 Å². The van der Waals surface area contributed by atoms with E-state index in [9.17, 15) is 49.5 Å². The highest BCUT2D eigenvalue weighted by molar-refractivity contribution is 6.51. The average Bonchev–Trinajstić information content (AvgIpc) is 3.29. The van der Waals surface area contributed by atoms with Crippen molar-refractivity contribution in [3.63, 3.8) is 0 Å². The quantitative estimate of drug-likeness (QED) is 0.143. The zero-order chi connectivity index (χ0) is 29.1. The van der Waals surface area contributed by atoms with E-state index in [1.165, 1.54) is 36.4 Å². The van der Waals surface area contributed by atoms with E-state index in [1.54, 1.807) is 6.07 Å². The van der Waals surface area contributed by atoms with Crippen LogP contribution < -0.4 is 5.32 Å². The van der Waals surface area contributed by atoms with Crippen molar-refractivity contribution in [1.82, 2.24) is 5.01 Å². The molecular formula is C24H14N6O10. The number of para-hydroxylation sites is 2. The molecule has 1 heterocycles. The van der Waals surface area contributed by atoms with Crippen molar-refractivity contribution in [2.45, 2.75) is 0 Å². The highest BCUT2D eigenvalue weighted by atomic mass is 16.6. The normalized spacial score (nSPS) is 14.3. The lowest BCUT2D eigenvalue weighted by molar-refractivity contribution is -0.394. The molecule has 1 N–H and O–H groups in total. The molecule has 1 unspecified atom stereocenters. The standard InChI is InChI=1S/C24H14N6O10/c31-21(22(32)25-17-8-4-5-9-18(17)30(39)40)19-20(13-6-2-1-3-7-13)26-27(24(19)34)23(33)14-10-15(28(35)36)12-16(11-14)29(37)38/h1-12,19H,(H,25,32). The Balaban J connectivity index is 1.73. The van der Waals surface area contributed by atoms with Gasteiger partial charge >= 0.3 is 0 Å². The van der Waals surface area contributed by atoms with Crippen LogP contribution in [0.5, 0.6) is 0 Å². The number of nitrogens with zero attached hydrogens (tertiary/aromatic N) is 5. The van der Waals surface area contributed by atoms with E-state index in [0.717, 1.165) is 12.1 Å². The maximum atomic E-state index is 13.3. The lowest BCUT2D eigenvalue weighted by Crippen LogP contribution is -2.41. The van der Waals surface area contributed by atoms with Gasteiger partial charge in [-0.05, 0) is 11.6 Å². The van der Waals surface area contributed by atoms with Gasteiger partial charge < -0.3 is 5.32 Å². The van der Waals surface area contributed by atoms with E-state index in [1.807, 2.05) is 0 Å². The van der Waals surface area contributed by atoms with Gasteiger partial charge in [-0.3, -0.25) is 49.5 Å². The number of carbonyl (C=O) groups is 4. The topological polar surface area (TPSA) is 225 Å². The number of hydrogen-bond acceptors (Lipinski definition) is 11. The van der Waals surface area contributed by atoms with Crippen LogP contribution in [0.25, 0.3) is 0 Å². The molecule has 0 aliphatic carbocycles. The van der Waals surface area contributed by atoms with E-state index >= 15 is 0 Å². The fraction of sp³-hybridized carbons (Fsp3) is 0.0417. The van der Waals surface area contributed by atoms with Crippen LogP contribution in [-0.2, 0) is 14.4 Å². The monoisotopic (exact) mass is 546 g/mol. The van der Waals surface area contributed by atoms with Gasteiger partial charge in [0, 0.05) is 18.2 Å². The summed E-state index contributed by atoms with van der Waals surface area (Å²) in [6.45, 7) is 0. The number of nitro benzene ring substituents is 3. The fourth-order valence-corrected chi connectivity index (χ4v) is 3.77. The van der Waals surface area contributed by atoms with Crippen molar-refractivity contribution in [2.75, 3.05) is 5.32 Å². The number of non-ortho nitro benzene ring substituents is 2. The lowest BCUT2D eigenvalue weighted by atomic mass is 9.92. The number of anilines is 1. The Hall–Kier alpha value is -6.19. The summed E-state index contributed by atoms with van der Waals surface area (Å²) in [6, 6.07) is 14.4. The third-order valence-corrected chi connectivity index (χ3v) is 5.60. The first-order valence-electron chi connectivity index (χ1n) is 11.0. The Bertz CT molecular complexity index is 1620. The molecule has 0 bridgehead atoms. The summed E-state index contributed by atoms with van der Waals surface area (Å²) in [7, 11) is 0. The Morgan fingerprint density at radius 3 is 1.95 bits per heavy atom. The van der Waals surface area contributed by atoms with Crippen molar-refractivity contribution in [1.29, 1.82) is 0 Å². The molecule has 0 saturated heterocycles. The highest BCUT2D eigenvalue weighted by Crippen LogP contribution is 2.29. The van der Waals surface area contributed by atoms with Gasteiger partial charge in [0.15, 0.2) is 5.92 Å². The third kappa shape index (κ3) is 5.12. The van der Waals surface area contributed by atoms with Crippen LogP contribution in [0.2, 0.25) is 0 Å². The minimum atomic E-state index is -1.98. The molecule has 0 fully saturated rings. The summed E-state index contributed by atoms with van der Waals surface area (Å²) in [5, 5.41) is 39.9. The SMILES string of the molecule is O=C(Nc1ccccc1[N+](=O)[O-])C(=O)C1C(=O)N(C(=O)c2cc([N+](=O)[O-])cc([N+](=O)[O-])c2)N=C1c1ccccc1. The molecule has 0 aromatic heterocycles. The molecular weight excluding hydrogens is 532 g/mol. The Morgan fingerprint density at radius 1 is 0.800 bits per heavy atom. The summed E-state index contributed by atoms with van der Waals surface area (Å²) < 4.78 is 0. The average molecular weight is 546 g/mol. The number of benzene rings is 3. The smallest absolute Gasteiger partial charge is 0.293 e. The molecule has 16 heteroatoms. The van der Waals surface area contributed by atoms with Crippen LogP contribution in [0.1, 0.15) is 15.9 Å². The van der Waals surface area contributed by atoms with Gasteiger partial charge in [0.05, 0.1) is 32.1 Å². The maximum Gasteiger partial charge on any atom is 0.293 e. The highest BCUT2D eigenvalue weighted by Gasteiger charge is 2.47. The van der Waals surface area contributed by atoms with Crippen molar-refractivity contribution in [3.8, 4) is 0 Å². The Morgan fingerprint density at radius 2 is 1.38 bits per heavy atom. The molecule has 0 radical (unpaired) electrons. The van der Waals surface area contributed by atoms with Crippen LogP contribution in [0.3, 0.4) is 0 Å². The molecule has 16 nitrogen and oxygen atoms in total. The van der Waals surface area contributed by atoms with E-state index in [0.29, 0.717) is 18.2 Å². The number of Topliss-reactive ketones (excluding diaryl/α,β-unsaturated/α-hetero) is 1. The molecule has 0 saturated carbocycles. The number of hydrazone groups is 1. The van der Waals surface area contributed by atoms with E-state index in [-0.39, 0.29) is 22.0 Å². The van der Waals surface area contributed by atoms with Gasteiger partial charge in [0.1, 0.15) is 5.69 Å². The summed E-state index contributed by atoms with van der Waals surface area (Å²) in [6.07, 6.45) is 0. The summed E-state index contributed by atoms with van der Waals surface area (Å²) in [4.78, 5) is 83.6. The second-order valence-corrected chi connectivity index (χ2v) is 8.08. The number of carbonyl (C=O) groups excluding carboxylic acids is 4. The molecule has 0 spiro atoms. The number of hydrogen-bond donors (Lipinski definition) is 1. The van der Waals surface area contributed by atoms with Crippen LogP contribution in [0.4, 0.5) is 22.7 Å². The van der Waals surface area contributed by atoms with Crippen molar-refractivity contribution in [3.05, 3.63) is 114 Å². The zero-order valence-electron chi connectivity index (χ0n) is 19.8. The third-order valence-electron chi connectivity index (χ3n) is 5.60. The number of rotatable bonds is 8. The lowest BCUT2D eigenvalue weighted by Gasteiger charge is -2.13. The van der Waals surface area contributed by atoms with Crippen LogP contribution in [0, 0.1) is 36.3 Å². The van der Waals surface area contributed by atoms with Gasteiger partial charge in [-0.2, -0.15) is 10.1 Å². The van der Waals surface area contributed by atoms with Gasteiger partial charge in [-0.25, -0.2) is 0 Å². The van der Waals surface area contributed by atoms with Crippen LogP contribution >= 0.6 is 0 Å². The molecule has 40 heavy (non-hydrogen) atoms. The summed E-state index contributed by atoms with van der Waals surface area (Å²) in [5.74, 6) is -7.47. The Kier molecular flexibility index (Phi) is 7.16. The van der Waals surface area contributed by atoms with E-state index in [4.69, 9.17) is 0 Å². The molecule has 1 atom stereocenters. The zero-order valence-corrected chi connectivity index (χ0v) is 19.8. The number of amides is 3. The fourth-order valence-electron chi connectivity index (χ4n) is 3.77. The maximum absolute atomic E-state index is 13.3. The van der Waals surface area contributed by atoms with Crippen molar-refractivity contribution >= 4 is 52.0 Å². The number of nitro groups is 3. The van der Waals surface area contributed by atoms with E-state index in [2.05, 4.69) is 10.4 Å². The van der Waals surface area contributed by atoms with Crippen molar-refractivity contribution in [2.24, 2.45) is 11.0 Å². The van der Waals surface area contributed by atoms with Crippen LogP contribution in [-0.4, -0.2) is 49.0 Å². The Labute approximate surface area is 222 Å². The molecule has 1 aliphatic heterocycles. The molecule has 4 rings (SSSR count). The van der Waals surface area contributed by atoms with Crippen LogP contribution in [0.15, 0.2) is 77.9 Å². The summed E-state index contributed by atoms with van der Waals surface area (Å²) in [5.41, 5.74) is -3.30. The molecule has 200 valence electrons. The number of ketones is 1. The predicted octanol–water partition coefficient (Wildman–Crippen LogP) is 2.62. The second-order valence-electron chi connectivity index (χ2n) is 8.08. The van der Waals surface area contributed by atoms with Crippen molar-refractivity contribution < 1.29 is 33.9 Å². The predicted molar refractivity (Wildman–Crippen MR) is 134 cm³/mol. The molecule has 3 aromatic rings. The minimum Gasteiger partial charge on any atom is -0.314 e. The second kappa shape index (κ2) is 10.7. The first-order valence-corrected chi connectivity index (χ1v) is 11.0. The largest absolute Gasteiger partial charge is 0.314 e. The molecule has 3 amide bonds. The number of nitrogens with one attached hydrogen (secondary N) is 1. The van der Waals surface area contributed by atoms with Gasteiger partial charge in [-0.15, -0.1) is 0 Å². The minimum absolute atomic E-state index is 0.160. The molecule has 3 aromatic carbocycles.